The zero-order valence-corrected chi connectivity index (χ0v) is 11.4. The van der Waals surface area contributed by atoms with Crippen LogP contribution in [0.2, 0.25) is 5.02 Å². The SMILES string of the molecule is O=S(=O)(N[C@@H]1CCOC[C@H]1O)c1ccc(F)cc1Cl. The van der Waals surface area contributed by atoms with Crippen molar-refractivity contribution < 1.29 is 22.7 Å². The Morgan fingerprint density at radius 2 is 2.21 bits per heavy atom. The normalized spacial score (nSPS) is 24.4. The molecule has 0 bridgehead atoms. The van der Waals surface area contributed by atoms with Gasteiger partial charge in [-0.2, -0.15) is 0 Å². The van der Waals surface area contributed by atoms with Crippen molar-refractivity contribution in [1.29, 1.82) is 0 Å². The molecule has 8 heteroatoms. The molecular formula is C11H13ClFNO4S. The number of aliphatic hydroxyl groups is 1. The van der Waals surface area contributed by atoms with Crippen molar-refractivity contribution in [3.8, 4) is 0 Å². The van der Waals surface area contributed by atoms with Crippen LogP contribution in [-0.4, -0.2) is 38.9 Å². The van der Waals surface area contributed by atoms with E-state index in [0.717, 1.165) is 18.2 Å². The molecule has 19 heavy (non-hydrogen) atoms. The average Bonchev–Trinajstić information content (AvgIpc) is 2.31. The highest BCUT2D eigenvalue weighted by atomic mass is 35.5. The van der Waals surface area contributed by atoms with Crippen molar-refractivity contribution in [2.75, 3.05) is 13.2 Å². The smallest absolute Gasteiger partial charge is 0.242 e. The fourth-order valence-corrected chi connectivity index (χ4v) is 3.65. The minimum atomic E-state index is -3.90. The van der Waals surface area contributed by atoms with E-state index in [2.05, 4.69) is 4.72 Å². The summed E-state index contributed by atoms with van der Waals surface area (Å²) in [5.41, 5.74) is 0. The lowest BCUT2D eigenvalue weighted by Gasteiger charge is -2.28. The van der Waals surface area contributed by atoms with E-state index >= 15 is 0 Å². The summed E-state index contributed by atoms with van der Waals surface area (Å²) >= 11 is 5.72. The highest BCUT2D eigenvalue weighted by Gasteiger charge is 2.29. The van der Waals surface area contributed by atoms with Crippen LogP contribution in [0.5, 0.6) is 0 Å². The zero-order chi connectivity index (χ0) is 14.0. The third-order valence-electron chi connectivity index (χ3n) is 2.82. The predicted molar refractivity (Wildman–Crippen MR) is 67.0 cm³/mol. The summed E-state index contributed by atoms with van der Waals surface area (Å²) in [4.78, 5) is -0.214. The molecule has 0 aliphatic carbocycles. The van der Waals surface area contributed by atoms with Gasteiger partial charge >= 0.3 is 0 Å². The maximum atomic E-state index is 12.9. The van der Waals surface area contributed by atoms with Gasteiger partial charge in [-0.25, -0.2) is 17.5 Å². The molecule has 0 aromatic heterocycles. The van der Waals surface area contributed by atoms with E-state index < -0.39 is 28.0 Å². The molecule has 2 rings (SSSR count). The maximum absolute atomic E-state index is 12.9. The van der Waals surface area contributed by atoms with Gasteiger partial charge in [-0.15, -0.1) is 0 Å². The van der Waals surface area contributed by atoms with E-state index in [9.17, 15) is 17.9 Å². The number of nitrogens with one attached hydrogen (secondary N) is 1. The quantitative estimate of drug-likeness (QED) is 0.870. The molecule has 0 unspecified atom stereocenters. The first-order valence-electron chi connectivity index (χ1n) is 5.63. The Morgan fingerprint density at radius 1 is 1.47 bits per heavy atom. The molecule has 2 atom stereocenters. The van der Waals surface area contributed by atoms with Crippen molar-refractivity contribution in [1.82, 2.24) is 4.72 Å². The Morgan fingerprint density at radius 3 is 2.84 bits per heavy atom. The van der Waals surface area contributed by atoms with Crippen LogP contribution in [0.1, 0.15) is 6.42 Å². The minimum Gasteiger partial charge on any atom is -0.389 e. The molecule has 1 aromatic carbocycles. The summed E-state index contributed by atoms with van der Waals surface area (Å²) in [5, 5.41) is 9.45. The molecule has 1 heterocycles. The van der Waals surface area contributed by atoms with Crippen LogP contribution in [0.4, 0.5) is 4.39 Å². The fourth-order valence-electron chi connectivity index (χ4n) is 1.82. The molecule has 1 fully saturated rings. The van der Waals surface area contributed by atoms with Crippen LogP contribution < -0.4 is 4.72 Å². The summed E-state index contributed by atoms with van der Waals surface area (Å²) < 4.78 is 44.5. The first-order chi connectivity index (χ1) is 8.90. The fraction of sp³-hybridized carbons (Fsp3) is 0.455. The average molecular weight is 310 g/mol. The van der Waals surface area contributed by atoms with E-state index in [4.69, 9.17) is 16.3 Å². The number of hydrogen-bond donors (Lipinski definition) is 2. The molecule has 0 radical (unpaired) electrons. The molecule has 1 saturated heterocycles. The molecule has 1 aliphatic rings. The Kier molecular flexibility index (Phi) is 4.42. The van der Waals surface area contributed by atoms with Crippen LogP contribution >= 0.6 is 11.6 Å². The van der Waals surface area contributed by atoms with Gasteiger partial charge < -0.3 is 9.84 Å². The standard InChI is InChI=1S/C11H13ClFNO4S/c12-8-5-7(13)1-2-11(8)19(16,17)14-9-3-4-18-6-10(9)15/h1-2,5,9-10,14-15H,3-4,6H2/t9-,10-/m1/s1. The predicted octanol–water partition coefficient (Wildman–Crippen LogP) is 0.907. The monoisotopic (exact) mass is 309 g/mol. The van der Waals surface area contributed by atoms with Gasteiger partial charge in [0.25, 0.3) is 0 Å². The molecule has 1 aromatic rings. The van der Waals surface area contributed by atoms with Crippen molar-refractivity contribution in [2.24, 2.45) is 0 Å². The minimum absolute atomic E-state index is 0.0737. The van der Waals surface area contributed by atoms with E-state index in [-0.39, 0.29) is 16.5 Å². The number of hydrogen-bond acceptors (Lipinski definition) is 4. The van der Waals surface area contributed by atoms with Crippen molar-refractivity contribution in [3.63, 3.8) is 0 Å². The molecule has 1 aliphatic heterocycles. The number of aliphatic hydroxyl groups excluding tert-OH is 1. The summed E-state index contributed by atoms with van der Waals surface area (Å²) in [6.45, 7) is 0.436. The largest absolute Gasteiger partial charge is 0.389 e. The molecule has 0 saturated carbocycles. The van der Waals surface area contributed by atoms with Crippen molar-refractivity contribution in [3.05, 3.63) is 29.0 Å². The lowest BCUT2D eigenvalue weighted by molar-refractivity contribution is -0.0222. The second-order valence-electron chi connectivity index (χ2n) is 4.23. The first kappa shape index (κ1) is 14.7. The second kappa shape index (κ2) is 5.72. The molecule has 0 amide bonds. The van der Waals surface area contributed by atoms with E-state index in [1.54, 1.807) is 0 Å². The first-order valence-corrected chi connectivity index (χ1v) is 7.49. The Labute approximate surface area is 115 Å². The van der Waals surface area contributed by atoms with Gasteiger partial charge in [0, 0.05) is 6.61 Å². The third-order valence-corrected chi connectivity index (χ3v) is 4.79. The molecular weight excluding hydrogens is 297 g/mol. The van der Waals surface area contributed by atoms with Gasteiger partial charge in [0.2, 0.25) is 10.0 Å². The number of rotatable bonds is 3. The van der Waals surface area contributed by atoms with Crippen LogP contribution in [0, 0.1) is 5.82 Å². The zero-order valence-electron chi connectivity index (χ0n) is 9.84. The third kappa shape index (κ3) is 3.43. The number of halogens is 2. The van der Waals surface area contributed by atoms with Gasteiger partial charge in [-0.3, -0.25) is 0 Å². The van der Waals surface area contributed by atoms with Gasteiger partial charge in [0.05, 0.1) is 23.8 Å². The Hall–Kier alpha value is -0.730. The lowest BCUT2D eigenvalue weighted by Crippen LogP contribution is -2.48. The summed E-state index contributed by atoms with van der Waals surface area (Å²) in [6.07, 6.45) is -0.554. The van der Waals surface area contributed by atoms with Crippen LogP contribution in [0.3, 0.4) is 0 Å². The number of sulfonamides is 1. The van der Waals surface area contributed by atoms with E-state index in [0.29, 0.717) is 13.0 Å². The summed E-state index contributed by atoms with van der Waals surface area (Å²) in [5.74, 6) is -0.616. The lowest BCUT2D eigenvalue weighted by atomic mass is 10.1. The van der Waals surface area contributed by atoms with Gasteiger partial charge in [0.15, 0.2) is 0 Å². The molecule has 106 valence electrons. The van der Waals surface area contributed by atoms with Crippen LogP contribution in [-0.2, 0) is 14.8 Å². The van der Waals surface area contributed by atoms with Crippen molar-refractivity contribution >= 4 is 21.6 Å². The second-order valence-corrected chi connectivity index (χ2v) is 6.32. The number of benzene rings is 1. The highest BCUT2D eigenvalue weighted by Crippen LogP contribution is 2.23. The van der Waals surface area contributed by atoms with Crippen LogP contribution in [0.15, 0.2) is 23.1 Å². The highest BCUT2D eigenvalue weighted by molar-refractivity contribution is 7.89. The number of ether oxygens (including phenoxy) is 1. The van der Waals surface area contributed by atoms with E-state index in [1.807, 2.05) is 0 Å². The Bertz CT molecular complexity index is 566. The maximum Gasteiger partial charge on any atom is 0.242 e. The van der Waals surface area contributed by atoms with Crippen LogP contribution in [0.25, 0.3) is 0 Å². The van der Waals surface area contributed by atoms with Gasteiger partial charge in [-0.1, -0.05) is 11.6 Å². The topological polar surface area (TPSA) is 75.6 Å². The van der Waals surface area contributed by atoms with Gasteiger partial charge in [-0.05, 0) is 24.6 Å². The van der Waals surface area contributed by atoms with Crippen molar-refractivity contribution in [2.45, 2.75) is 23.5 Å². The molecule has 2 N–H and O–H groups in total. The Balaban J connectivity index is 2.22. The van der Waals surface area contributed by atoms with E-state index in [1.165, 1.54) is 0 Å². The van der Waals surface area contributed by atoms with Gasteiger partial charge in [0.1, 0.15) is 10.7 Å². The molecule has 0 spiro atoms. The summed E-state index contributed by atoms with van der Waals surface area (Å²) in [6, 6.07) is 2.39. The summed E-state index contributed by atoms with van der Waals surface area (Å²) in [7, 11) is -3.90. The molecule has 5 nitrogen and oxygen atoms in total.